The Bertz CT molecular complexity index is 246. The van der Waals surface area contributed by atoms with Crippen molar-refractivity contribution in [2.75, 3.05) is 6.54 Å². The van der Waals surface area contributed by atoms with Gasteiger partial charge < -0.3 is 0 Å². The normalized spacial score (nSPS) is 12.0. The Labute approximate surface area is 94.3 Å². The Hall–Kier alpha value is -1.11. The van der Waals surface area contributed by atoms with E-state index in [1.165, 1.54) is 18.4 Å². The first-order valence-corrected chi connectivity index (χ1v) is 5.67. The first-order valence-electron chi connectivity index (χ1n) is 5.67. The topological polar surface area (TPSA) is 12.4 Å². The molecule has 1 nitrogen and oxygen atoms in total. The number of unbranched alkanes of at least 4 members (excludes halogenated alkanes) is 1. The zero-order chi connectivity index (χ0) is 11.5. The summed E-state index contributed by atoms with van der Waals surface area (Å²) < 4.78 is 0. The standard InChI is InChI=1S/C14H23N/c1-5-7-11-15-12-14(4)10-8-9-13(3)6-2/h6,10,12H,2-3,5,7-9,11H2,1,4H3/b14-10+,15-12?. The average molecular weight is 205 g/mol. The van der Waals surface area contributed by atoms with Crippen molar-refractivity contribution in [1.29, 1.82) is 0 Å². The minimum absolute atomic E-state index is 0.945. The van der Waals surface area contributed by atoms with Gasteiger partial charge in [0.1, 0.15) is 0 Å². The van der Waals surface area contributed by atoms with Gasteiger partial charge in [-0.3, -0.25) is 4.99 Å². The summed E-state index contributed by atoms with van der Waals surface area (Å²) in [4.78, 5) is 4.34. The molecule has 0 N–H and O–H groups in total. The molecule has 0 fully saturated rings. The van der Waals surface area contributed by atoms with Crippen LogP contribution in [0.1, 0.15) is 39.5 Å². The molecule has 0 saturated carbocycles. The molecule has 0 aliphatic rings. The van der Waals surface area contributed by atoms with Gasteiger partial charge >= 0.3 is 0 Å². The van der Waals surface area contributed by atoms with Gasteiger partial charge in [-0.05, 0) is 31.8 Å². The maximum Gasteiger partial charge on any atom is 0.0389 e. The van der Waals surface area contributed by atoms with E-state index in [1.54, 1.807) is 0 Å². The Morgan fingerprint density at radius 1 is 1.40 bits per heavy atom. The third kappa shape index (κ3) is 9.20. The van der Waals surface area contributed by atoms with Crippen molar-refractivity contribution < 1.29 is 0 Å². The molecule has 0 saturated heterocycles. The molecule has 1 heteroatoms. The first-order chi connectivity index (χ1) is 7.20. The van der Waals surface area contributed by atoms with Crippen LogP contribution in [-0.2, 0) is 0 Å². The van der Waals surface area contributed by atoms with E-state index >= 15 is 0 Å². The van der Waals surface area contributed by atoms with E-state index in [1.807, 2.05) is 12.3 Å². The van der Waals surface area contributed by atoms with Crippen LogP contribution in [0.15, 0.2) is 41.4 Å². The predicted molar refractivity (Wildman–Crippen MR) is 70.6 cm³/mol. The van der Waals surface area contributed by atoms with Crippen molar-refractivity contribution in [2.24, 2.45) is 4.99 Å². The molecule has 84 valence electrons. The fourth-order valence-electron chi connectivity index (χ4n) is 1.10. The molecular weight excluding hydrogens is 182 g/mol. The van der Waals surface area contributed by atoms with Gasteiger partial charge in [0, 0.05) is 12.8 Å². The third-order valence-corrected chi connectivity index (χ3v) is 2.16. The summed E-state index contributed by atoms with van der Waals surface area (Å²) in [6.07, 6.45) is 10.4. The second kappa shape index (κ2) is 9.45. The summed E-state index contributed by atoms with van der Waals surface area (Å²) in [5, 5.41) is 0. The van der Waals surface area contributed by atoms with Crippen molar-refractivity contribution in [2.45, 2.75) is 39.5 Å². The minimum Gasteiger partial charge on any atom is -0.293 e. The van der Waals surface area contributed by atoms with Crippen LogP contribution in [0.25, 0.3) is 0 Å². The van der Waals surface area contributed by atoms with Crippen LogP contribution in [0.3, 0.4) is 0 Å². The van der Waals surface area contributed by atoms with Crippen molar-refractivity contribution in [1.82, 2.24) is 0 Å². The fourth-order valence-corrected chi connectivity index (χ4v) is 1.10. The molecule has 0 bridgehead atoms. The summed E-state index contributed by atoms with van der Waals surface area (Å²) in [6.45, 7) is 12.8. The minimum atomic E-state index is 0.945. The van der Waals surface area contributed by atoms with E-state index in [9.17, 15) is 0 Å². The van der Waals surface area contributed by atoms with Crippen LogP contribution in [0.4, 0.5) is 0 Å². The molecule has 0 aromatic heterocycles. The number of hydrogen-bond acceptors (Lipinski definition) is 1. The van der Waals surface area contributed by atoms with E-state index in [0.717, 1.165) is 25.0 Å². The smallest absolute Gasteiger partial charge is 0.0389 e. The molecule has 0 aliphatic heterocycles. The highest BCUT2D eigenvalue weighted by molar-refractivity contribution is 5.77. The lowest BCUT2D eigenvalue weighted by molar-refractivity contribution is 0.810. The van der Waals surface area contributed by atoms with E-state index in [4.69, 9.17) is 0 Å². The van der Waals surface area contributed by atoms with E-state index in [2.05, 4.69) is 38.1 Å². The molecule has 0 radical (unpaired) electrons. The van der Waals surface area contributed by atoms with Crippen LogP contribution in [0, 0.1) is 0 Å². The van der Waals surface area contributed by atoms with Gasteiger partial charge in [-0.1, -0.05) is 44.2 Å². The van der Waals surface area contributed by atoms with Gasteiger partial charge in [0.15, 0.2) is 0 Å². The van der Waals surface area contributed by atoms with Gasteiger partial charge in [-0.15, -0.1) is 0 Å². The molecule has 0 atom stereocenters. The summed E-state index contributed by atoms with van der Waals surface area (Å²) in [7, 11) is 0. The Balaban J connectivity index is 3.73. The van der Waals surface area contributed by atoms with E-state index in [-0.39, 0.29) is 0 Å². The predicted octanol–water partition coefficient (Wildman–Crippen LogP) is 4.33. The number of rotatable bonds is 8. The Kier molecular flexibility index (Phi) is 8.75. The molecule has 0 aliphatic carbocycles. The molecule has 0 unspecified atom stereocenters. The van der Waals surface area contributed by atoms with Gasteiger partial charge in [-0.25, -0.2) is 0 Å². The van der Waals surface area contributed by atoms with Crippen molar-refractivity contribution in [3.8, 4) is 0 Å². The molecule has 0 aromatic rings. The average Bonchev–Trinajstić information content (AvgIpc) is 2.24. The van der Waals surface area contributed by atoms with Crippen molar-refractivity contribution >= 4 is 6.21 Å². The van der Waals surface area contributed by atoms with Crippen LogP contribution in [-0.4, -0.2) is 12.8 Å². The van der Waals surface area contributed by atoms with Gasteiger partial charge in [0.2, 0.25) is 0 Å². The lowest BCUT2D eigenvalue weighted by Crippen LogP contribution is -1.84. The molecule has 0 spiro atoms. The number of allylic oxidation sites excluding steroid dienone is 4. The van der Waals surface area contributed by atoms with E-state index < -0.39 is 0 Å². The van der Waals surface area contributed by atoms with Crippen LogP contribution < -0.4 is 0 Å². The lowest BCUT2D eigenvalue weighted by Gasteiger charge is -1.96. The maximum absolute atomic E-state index is 4.34. The largest absolute Gasteiger partial charge is 0.293 e. The number of nitrogens with zero attached hydrogens (tertiary/aromatic N) is 1. The van der Waals surface area contributed by atoms with E-state index in [0.29, 0.717) is 0 Å². The Morgan fingerprint density at radius 2 is 2.13 bits per heavy atom. The molecule has 0 heterocycles. The van der Waals surface area contributed by atoms with Gasteiger partial charge in [-0.2, -0.15) is 0 Å². The first kappa shape index (κ1) is 13.9. The summed E-state index contributed by atoms with van der Waals surface area (Å²) in [5.41, 5.74) is 2.34. The number of aliphatic imine (C=N–C) groups is 1. The molecular formula is C14H23N. The molecule has 0 amide bonds. The van der Waals surface area contributed by atoms with Crippen molar-refractivity contribution in [3.05, 3.63) is 36.5 Å². The fraction of sp³-hybridized carbons (Fsp3) is 0.500. The quantitative estimate of drug-likeness (QED) is 0.318. The number of hydrogen-bond donors (Lipinski definition) is 0. The molecule has 0 aromatic carbocycles. The maximum atomic E-state index is 4.34. The Morgan fingerprint density at radius 3 is 2.73 bits per heavy atom. The van der Waals surface area contributed by atoms with Gasteiger partial charge in [0.05, 0.1) is 0 Å². The van der Waals surface area contributed by atoms with Gasteiger partial charge in [0.25, 0.3) is 0 Å². The highest BCUT2D eigenvalue weighted by Gasteiger charge is 1.87. The summed E-state index contributed by atoms with van der Waals surface area (Å²) in [5.74, 6) is 0. The summed E-state index contributed by atoms with van der Waals surface area (Å²) >= 11 is 0. The second-order valence-corrected chi connectivity index (χ2v) is 3.74. The highest BCUT2D eigenvalue weighted by Crippen LogP contribution is 2.05. The van der Waals surface area contributed by atoms with Crippen LogP contribution in [0.5, 0.6) is 0 Å². The van der Waals surface area contributed by atoms with Crippen molar-refractivity contribution in [3.63, 3.8) is 0 Å². The lowest BCUT2D eigenvalue weighted by atomic mass is 10.1. The summed E-state index contributed by atoms with van der Waals surface area (Å²) in [6, 6.07) is 0. The highest BCUT2D eigenvalue weighted by atomic mass is 14.7. The van der Waals surface area contributed by atoms with Crippen LogP contribution in [0.2, 0.25) is 0 Å². The SMILES string of the molecule is C=CC(=C)CC/C=C(\C)C=NCCCC. The zero-order valence-electron chi connectivity index (χ0n) is 10.1. The van der Waals surface area contributed by atoms with Crippen LogP contribution >= 0.6 is 0 Å². The third-order valence-electron chi connectivity index (χ3n) is 2.16. The monoisotopic (exact) mass is 205 g/mol. The second-order valence-electron chi connectivity index (χ2n) is 3.74. The molecule has 15 heavy (non-hydrogen) atoms. The zero-order valence-corrected chi connectivity index (χ0v) is 10.1. The molecule has 0 rings (SSSR count).